The van der Waals surface area contributed by atoms with E-state index < -0.39 is 0 Å². The molecule has 0 bridgehead atoms. The van der Waals surface area contributed by atoms with Crippen molar-refractivity contribution < 1.29 is 4.39 Å². The summed E-state index contributed by atoms with van der Waals surface area (Å²) in [6, 6.07) is 13.6. The van der Waals surface area contributed by atoms with Gasteiger partial charge in [-0.25, -0.2) is 4.39 Å². The fourth-order valence-electron chi connectivity index (χ4n) is 1.70. The van der Waals surface area contributed by atoms with Gasteiger partial charge >= 0.3 is 0 Å². The zero-order valence-corrected chi connectivity index (χ0v) is 11.7. The van der Waals surface area contributed by atoms with Gasteiger partial charge in [0.15, 0.2) is 0 Å². The third-order valence-electron chi connectivity index (χ3n) is 2.57. The Balaban J connectivity index is 1.84. The third kappa shape index (κ3) is 2.95. The molecule has 2 aromatic carbocycles. The van der Waals surface area contributed by atoms with Crippen molar-refractivity contribution in [2.45, 2.75) is 0 Å². The SMILES string of the molecule is Fc1cccc(Nc2nnc(-c3cccc(Cl)c3)s2)c1. The molecule has 0 spiro atoms. The average Bonchev–Trinajstić information content (AvgIpc) is 2.87. The molecule has 1 heterocycles. The average molecular weight is 306 g/mol. The Morgan fingerprint density at radius 3 is 2.70 bits per heavy atom. The Morgan fingerprint density at radius 1 is 1.05 bits per heavy atom. The van der Waals surface area contributed by atoms with E-state index in [0.717, 1.165) is 10.6 Å². The Morgan fingerprint density at radius 2 is 1.90 bits per heavy atom. The highest BCUT2D eigenvalue weighted by Gasteiger charge is 2.07. The van der Waals surface area contributed by atoms with Crippen molar-refractivity contribution in [3.63, 3.8) is 0 Å². The normalized spacial score (nSPS) is 10.5. The molecule has 0 aliphatic carbocycles. The van der Waals surface area contributed by atoms with Crippen molar-refractivity contribution in [2.24, 2.45) is 0 Å². The first kappa shape index (κ1) is 13.0. The second-order valence-electron chi connectivity index (χ2n) is 4.06. The van der Waals surface area contributed by atoms with Gasteiger partial charge < -0.3 is 5.32 Å². The van der Waals surface area contributed by atoms with E-state index in [-0.39, 0.29) is 5.82 Å². The first-order valence-corrected chi connectivity index (χ1v) is 7.02. The monoisotopic (exact) mass is 305 g/mol. The van der Waals surface area contributed by atoms with Gasteiger partial charge in [-0.1, -0.05) is 41.1 Å². The van der Waals surface area contributed by atoms with Crippen LogP contribution < -0.4 is 5.32 Å². The van der Waals surface area contributed by atoms with Crippen LogP contribution in [-0.2, 0) is 0 Å². The molecule has 0 fully saturated rings. The lowest BCUT2D eigenvalue weighted by atomic mass is 10.2. The molecule has 0 aliphatic rings. The van der Waals surface area contributed by atoms with Crippen LogP contribution >= 0.6 is 22.9 Å². The Kier molecular flexibility index (Phi) is 3.62. The van der Waals surface area contributed by atoms with Gasteiger partial charge in [0.1, 0.15) is 10.8 Å². The minimum absolute atomic E-state index is 0.297. The van der Waals surface area contributed by atoms with Crippen LogP contribution in [0.4, 0.5) is 15.2 Å². The predicted molar refractivity (Wildman–Crippen MR) is 80.0 cm³/mol. The van der Waals surface area contributed by atoms with E-state index in [1.807, 2.05) is 18.2 Å². The molecule has 3 rings (SSSR count). The molecule has 3 nitrogen and oxygen atoms in total. The Bertz CT molecular complexity index is 745. The van der Waals surface area contributed by atoms with Crippen LogP contribution in [0, 0.1) is 5.82 Å². The van der Waals surface area contributed by atoms with Crippen LogP contribution in [-0.4, -0.2) is 10.2 Å². The molecule has 0 saturated carbocycles. The standard InChI is InChI=1S/C14H9ClFN3S/c15-10-4-1-3-9(7-10)13-18-19-14(20-13)17-12-6-2-5-11(16)8-12/h1-8H,(H,17,19). The lowest BCUT2D eigenvalue weighted by Gasteiger charge is -2.00. The lowest BCUT2D eigenvalue weighted by molar-refractivity contribution is 0.628. The maximum atomic E-state index is 13.1. The van der Waals surface area contributed by atoms with Crippen molar-refractivity contribution in [3.05, 3.63) is 59.4 Å². The predicted octanol–water partition coefficient (Wildman–Crippen LogP) is 4.74. The quantitative estimate of drug-likeness (QED) is 0.759. The molecule has 1 aromatic heterocycles. The summed E-state index contributed by atoms with van der Waals surface area (Å²) in [7, 11) is 0. The molecule has 1 N–H and O–H groups in total. The molecule has 0 aliphatic heterocycles. The number of aromatic nitrogens is 2. The van der Waals surface area contributed by atoms with Crippen molar-refractivity contribution in [2.75, 3.05) is 5.32 Å². The zero-order chi connectivity index (χ0) is 13.9. The van der Waals surface area contributed by atoms with Gasteiger partial charge in [-0.2, -0.15) is 0 Å². The van der Waals surface area contributed by atoms with Gasteiger partial charge in [0, 0.05) is 16.3 Å². The summed E-state index contributed by atoms with van der Waals surface area (Å²) in [5, 5.41) is 13.2. The van der Waals surface area contributed by atoms with E-state index in [1.165, 1.54) is 23.5 Å². The molecule has 0 atom stereocenters. The van der Waals surface area contributed by atoms with Crippen LogP contribution in [0.15, 0.2) is 48.5 Å². The van der Waals surface area contributed by atoms with E-state index in [0.29, 0.717) is 15.8 Å². The highest BCUT2D eigenvalue weighted by molar-refractivity contribution is 7.18. The minimum atomic E-state index is -0.297. The van der Waals surface area contributed by atoms with Crippen LogP contribution in [0.25, 0.3) is 10.6 Å². The van der Waals surface area contributed by atoms with E-state index in [4.69, 9.17) is 11.6 Å². The summed E-state index contributed by atoms with van der Waals surface area (Å²) in [5.74, 6) is -0.297. The number of nitrogens with zero attached hydrogens (tertiary/aromatic N) is 2. The number of nitrogens with one attached hydrogen (secondary N) is 1. The van der Waals surface area contributed by atoms with E-state index in [1.54, 1.807) is 18.2 Å². The highest BCUT2D eigenvalue weighted by Crippen LogP contribution is 2.29. The zero-order valence-electron chi connectivity index (χ0n) is 10.2. The molecular formula is C14H9ClFN3S. The molecule has 0 saturated heterocycles. The molecule has 20 heavy (non-hydrogen) atoms. The number of hydrogen-bond donors (Lipinski definition) is 1. The summed E-state index contributed by atoms with van der Waals surface area (Å²) in [4.78, 5) is 0. The van der Waals surface area contributed by atoms with Crippen molar-refractivity contribution in [1.29, 1.82) is 0 Å². The third-order valence-corrected chi connectivity index (χ3v) is 3.70. The van der Waals surface area contributed by atoms with Gasteiger partial charge in [-0.15, -0.1) is 10.2 Å². The maximum Gasteiger partial charge on any atom is 0.210 e. The molecule has 3 aromatic rings. The van der Waals surface area contributed by atoms with Crippen LogP contribution in [0.1, 0.15) is 0 Å². The molecule has 0 amide bonds. The maximum absolute atomic E-state index is 13.1. The van der Waals surface area contributed by atoms with E-state index in [9.17, 15) is 4.39 Å². The number of rotatable bonds is 3. The van der Waals surface area contributed by atoms with Gasteiger partial charge in [0.25, 0.3) is 0 Å². The molecule has 6 heteroatoms. The fraction of sp³-hybridized carbons (Fsp3) is 0. The summed E-state index contributed by atoms with van der Waals surface area (Å²) >= 11 is 7.33. The highest BCUT2D eigenvalue weighted by atomic mass is 35.5. The van der Waals surface area contributed by atoms with Gasteiger partial charge in [0.2, 0.25) is 5.13 Å². The Hall–Kier alpha value is -1.98. The van der Waals surface area contributed by atoms with Gasteiger partial charge in [-0.3, -0.25) is 0 Å². The summed E-state index contributed by atoms with van der Waals surface area (Å²) in [5.41, 5.74) is 1.54. The minimum Gasteiger partial charge on any atom is -0.330 e. The molecule has 100 valence electrons. The second-order valence-corrected chi connectivity index (χ2v) is 5.47. The first-order chi connectivity index (χ1) is 9.70. The van der Waals surface area contributed by atoms with Crippen LogP contribution in [0.5, 0.6) is 0 Å². The number of anilines is 2. The molecule has 0 unspecified atom stereocenters. The number of halogens is 2. The number of benzene rings is 2. The van der Waals surface area contributed by atoms with E-state index in [2.05, 4.69) is 15.5 Å². The summed E-state index contributed by atoms with van der Waals surface area (Å²) in [6.45, 7) is 0. The largest absolute Gasteiger partial charge is 0.330 e. The summed E-state index contributed by atoms with van der Waals surface area (Å²) < 4.78 is 13.1. The molecule has 0 radical (unpaired) electrons. The smallest absolute Gasteiger partial charge is 0.210 e. The van der Waals surface area contributed by atoms with Crippen molar-refractivity contribution in [1.82, 2.24) is 10.2 Å². The summed E-state index contributed by atoms with van der Waals surface area (Å²) in [6.07, 6.45) is 0. The van der Waals surface area contributed by atoms with Crippen molar-refractivity contribution in [3.8, 4) is 10.6 Å². The topological polar surface area (TPSA) is 37.8 Å². The van der Waals surface area contributed by atoms with E-state index >= 15 is 0 Å². The van der Waals surface area contributed by atoms with Crippen molar-refractivity contribution >= 4 is 33.8 Å². The number of hydrogen-bond acceptors (Lipinski definition) is 4. The van der Waals surface area contributed by atoms with Crippen LogP contribution in [0.2, 0.25) is 5.02 Å². The fourth-order valence-corrected chi connectivity index (χ4v) is 2.65. The Labute approximate surface area is 124 Å². The van der Waals surface area contributed by atoms with Gasteiger partial charge in [0.05, 0.1) is 0 Å². The first-order valence-electron chi connectivity index (χ1n) is 5.83. The lowest BCUT2D eigenvalue weighted by Crippen LogP contribution is -1.89. The second kappa shape index (κ2) is 5.56. The van der Waals surface area contributed by atoms with Crippen LogP contribution in [0.3, 0.4) is 0 Å². The van der Waals surface area contributed by atoms with Gasteiger partial charge in [-0.05, 0) is 30.3 Å². The molecular weight excluding hydrogens is 297 g/mol.